The average Bonchev–Trinajstić information content (AvgIpc) is 3.34. The smallest absolute Gasteiger partial charge is 0.320 e. The summed E-state index contributed by atoms with van der Waals surface area (Å²) in [6, 6.07) is 2.29. The zero-order valence-electron chi connectivity index (χ0n) is 16.1. The van der Waals surface area contributed by atoms with Crippen LogP contribution in [0.25, 0.3) is 0 Å². The van der Waals surface area contributed by atoms with Crippen LogP contribution in [-0.4, -0.2) is 67.3 Å². The Balaban J connectivity index is 1.40. The molecule has 0 aromatic carbocycles. The van der Waals surface area contributed by atoms with E-state index < -0.39 is 0 Å². The Morgan fingerprint density at radius 2 is 1.93 bits per heavy atom. The lowest BCUT2D eigenvalue weighted by Gasteiger charge is -2.26. The molecular weight excluding hydrogens is 346 g/mol. The van der Waals surface area contributed by atoms with Crippen molar-refractivity contribution in [1.29, 1.82) is 0 Å². The highest BCUT2D eigenvalue weighted by atomic mass is 16.5. The number of hydrogen-bond donors (Lipinski definition) is 0. The quantitative estimate of drug-likeness (QED) is 0.810. The van der Waals surface area contributed by atoms with Crippen LogP contribution in [0.1, 0.15) is 42.4 Å². The molecule has 9 nitrogen and oxygen atoms in total. The van der Waals surface area contributed by atoms with E-state index in [1.165, 1.54) is 0 Å². The van der Waals surface area contributed by atoms with Crippen LogP contribution < -0.4 is 0 Å². The molecule has 0 bridgehead atoms. The number of hydrogen-bond acceptors (Lipinski definition) is 6. The summed E-state index contributed by atoms with van der Waals surface area (Å²) >= 11 is 0. The van der Waals surface area contributed by atoms with Gasteiger partial charge < -0.3 is 14.3 Å². The van der Waals surface area contributed by atoms with Crippen LogP contribution >= 0.6 is 0 Å². The molecule has 2 aliphatic heterocycles. The first-order valence-corrected chi connectivity index (χ1v) is 9.65. The number of aryl methyl sites for hydroxylation is 2. The molecule has 0 spiro atoms. The van der Waals surface area contributed by atoms with E-state index >= 15 is 0 Å². The van der Waals surface area contributed by atoms with Gasteiger partial charge in [0.2, 0.25) is 5.89 Å². The molecule has 2 aliphatic rings. The van der Waals surface area contributed by atoms with Crippen molar-refractivity contribution in [3.05, 3.63) is 29.2 Å². The summed E-state index contributed by atoms with van der Waals surface area (Å²) in [4.78, 5) is 23.1. The highest BCUT2D eigenvalue weighted by molar-refractivity contribution is 5.74. The third-order valence-corrected chi connectivity index (χ3v) is 5.12. The highest BCUT2D eigenvalue weighted by Gasteiger charge is 2.26. The molecule has 9 heteroatoms. The summed E-state index contributed by atoms with van der Waals surface area (Å²) in [5.41, 5.74) is 2.11. The van der Waals surface area contributed by atoms with E-state index in [1.54, 1.807) is 6.92 Å². The van der Waals surface area contributed by atoms with Crippen LogP contribution in [0.15, 0.2) is 10.6 Å². The Morgan fingerprint density at radius 1 is 1.15 bits per heavy atom. The number of carbonyl (C=O) groups excluding carboxylic acids is 1. The minimum atomic E-state index is 0.174. The topological polar surface area (TPSA) is 83.5 Å². The van der Waals surface area contributed by atoms with Crippen LogP contribution in [0.3, 0.4) is 0 Å². The van der Waals surface area contributed by atoms with Gasteiger partial charge in [0.15, 0.2) is 5.82 Å². The molecule has 2 aromatic heterocycles. The second-order valence-corrected chi connectivity index (χ2v) is 7.50. The lowest BCUT2D eigenvalue weighted by Crippen LogP contribution is -2.41. The van der Waals surface area contributed by atoms with Crippen molar-refractivity contribution >= 4 is 6.03 Å². The van der Waals surface area contributed by atoms with E-state index in [9.17, 15) is 4.79 Å². The molecule has 0 unspecified atom stereocenters. The Labute approximate surface area is 158 Å². The van der Waals surface area contributed by atoms with Crippen molar-refractivity contribution in [2.75, 3.05) is 26.7 Å². The number of urea groups is 1. The van der Waals surface area contributed by atoms with E-state index in [4.69, 9.17) is 9.62 Å². The van der Waals surface area contributed by atoms with Gasteiger partial charge >= 0.3 is 6.03 Å². The van der Waals surface area contributed by atoms with E-state index in [-0.39, 0.29) is 6.03 Å². The van der Waals surface area contributed by atoms with Crippen LogP contribution in [-0.2, 0) is 26.2 Å². The first-order valence-electron chi connectivity index (χ1n) is 9.65. The fourth-order valence-corrected chi connectivity index (χ4v) is 3.85. The first kappa shape index (κ1) is 18.0. The van der Waals surface area contributed by atoms with Crippen molar-refractivity contribution in [2.24, 2.45) is 0 Å². The lowest BCUT2D eigenvalue weighted by molar-refractivity contribution is 0.160. The minimum Gasteiger partial charge on any atom is -0.340 e. The predicted octanol–water partition coefficient (Wildman–Crippen LogP) is 1.63. The molecule has 146 valence electrons. The molecule has 0 atom stereocenters. The van der Waals surface area contributed by atoms with Gasteiger partial charge in [-0.1, -0.05) is 5.16 Å². The SMILES string of the molecule is Cc1nc(CN(C)Cc2cc3n(n2)CCCN(C(=O)N2CCCC2)C3)no1. The van der Waals surface area contributed by atoms with Gasteiger partial charge in [0.05, 0.1) is 24.5 Å². The van der Waals surface area contributed by atoms with Gasteiger partial charge in [0.1, 0.15) is 0 Å². The van der Waals surface area contributed by atoms with Gasteiger partial charge in [-0.05, 0) is 32.4 Å². The van der Waals surface area contributed by atoms with Crippen molar-refractivity contribution in [1.82, 2.24) is 34.6 Å². The fraction of sp³-hybridized carbons (Fsp3) is 0.667. The maximum atomic E-state index is 12.7. The van der Waals surface area contributed by atoms with Crippen molar-refractivity contribution in [2.45, 2.75) is 52.4 Å². The molecule has 1 saturated heterocycles. The van der Waals surface area contributed by atoms with Gasteiger partial charge in [0.25, 0.3) is 0 Å². The van der Waals surface area contributed by atoms with Crippen molar-refractivity contribution in [3.8, 4) is 0 Å². The number of aromatic nitrogens is 4. The molecular formula is C18H27N7O2. The van der Waals surface area contributed by atoms with E-state index in [1.807, 2.05) is 16.8 Å². The molecule has 2 amide bonds. The highest BCUT2D eigenvalue weighted by Crippen LogP contribution is 2.18. The van der Waals surface area contributed by atoms with E-state index in [0.29, 0.717) is 31.3 Å². The number of rotatable bonds is 4. The first-order chi connectivity index (χ1) is 13.1. The zero-order valence-corrected chi connectivity index (χ0v) is 16.1. The summed E-state index contributed by atoms with van der Waals surface area (Å²) in [5, 5.41) is 8.69. The third kappa shape index (κ3) is 4.13. The number of fused-ring (bicyclic) bond motifs is 1. The number of amides is 2. The molecule has 2 aromatic rings. The summed E-state index contributed by atoms with van der Waals surface area (Å²) in [5.74, 6) is 1.26. The predicted molar refractivity (Wildman–Crippen MR) is 97.7 cm³/mol. The Morgan fingerprint density at radius 3 is 2.67 bits per heavy atom. The minimum absolute atomic E-state index is 0.174. The fourth-order valence-electron chi connectivity index (χ4n) is 3.85. The van der Waals surface area contributed by atoms with Gasteiger partial charge in [-0.25, -0.2) is 4.79 Å². The summed E-state index contributed by atoms with van der Waals surface area (Å²) in [6.07, 6.45) is 3.17. The molecule has 0 aliphatic carbocycles. The second kappa shape index (κ2) is 7.67. The number of likely N-dealkylation sites (tertiary alicyclic amines) is 1. The van der Waals surface area contributed by atoms with Gasteiger partial charge in [0, 0.05) is 39.6 Å². The number of carbonyl (C=O) groups is 1. The maximum Gasteiger partial charge on any atom is 0.320 e. The molecule has 4 rings (SSSR count). The summed E-state index contributed by atoms with van der Waals surface area (Å²) in [6.45, 7) is 7.17. The standard InChI is InChI=1S/C18H27N7O2/c1-14-19-17(21-27-14)13-22(2)11-15-10-16-12-24(8-5-9-25(16)20-15)18(26)23-6-3-4-7-23/h10H,3-9,11-13H2,1-2H3. The molecule has 0 radical (unpaired) electrons. The normalized spacial score (nSPS) is 17.4. The molecule has 27 heavy (non-hydrogen) atoms. The third-order valence-electron chi connectivity index (χ3n) is 5.12. The molecule has 0 N–H and O–H groups in total. The van der Waals surface area contributed by atoms with Crippen LogP contribution in [0.4, 0.5) is 4.79 Å². The molecule has 0 saturated carbocycles. The van der Waals surface area contributed by atoms with Gasteiger partial charge in [-0.15, -0.1) is 0 Å². The van der Waals surface area contributed by atoms with E-state index in [2.05, 4.69) is 25.8 Å². The van der Waals surface area contributed by atoms with Crippen LogP contribution in [0.2, 0.25) is 0 Å². The lowest BCUT2D eigenvalue weighted by atomic mass is 10.3. The van der Waals surface area contributed by atoms with Crippen LogP contribution in [0, 0.1) is 6.92 Å². The maximum absolute atomic E-state index is 12.7. The monoisotopic (exact) mass is 373 g/mol. The van der Waals surface area contributed by atoms with Gasteiger partial charge in [-0.2, -0.15) is 10.1 Å². The Kier molecular flexibility index (Phi) is 5.11. The average molecular weight is 373 g/mol. The summed E-state index contributed by atoms with van der Waals surface area (Å²) < 4.78 is 7.08. The Bertz CT molecular complexity index is 793. The van der Waals surface area contributed by atoms with Gasteiger partial charge in [-0.3, -0.25) is 9.58 Å². The van der Waals surface area contributed by atoms with E-state index in [0.717, 1.165) is 56.8 Å². The van der Waals surface area contributed by atoms with Crippen molar-refractivity contribution in [3.63, 3.8) is 0 Å². The zero-order chi connectivity index (χ0) is 18.8. The largest absolute Gasteiger partial charge is 0.340 e. The second-order valence-electron chi connectivity index (χ2n) is 7.50. The van der Waals surface area contributed by atoms with Crippen molar-refractivity contribution < 1.29 is 9.32 Å². The summed E-state index contributed by atoms with van der Waals surface area (Å²) in [7, 11) is 2.01. The molecule has 1 fully saturated rings. The molecule has 4 heterocycles. The number of nitrogens with zero attached hydrogens (tertiary/aromatic N) is 7. The Hall–Kier alpha value is -2.42. The van der Waals surface area contributed by atoms with Crippen LogP contribution in [0.5, 0.6) is 0 Å².